The van der Waals surface area contributed by atoms with Gasteiger partial charge in [-0.25, -0.2) is 4.98 Å². The van der Waals surface area contributed by atoms with Gasteiger partial charge in [-0.3, -0.25) is 0 Å². The zero-order valence-corrected chi connectivity index (χ0v) is 11.5. The molecule has 0 amide bonds. The first-order valence-corrected chi connectivity index (χ1v) is 7.43. The summed E-state index contributed by atoms with van der Waals surface area (Å²) in [7, 11) is 0. The van der Waals surface area contributed by atoms with Gasteiger partial charge in [0.25, 0.3) is 0 Å². The Morgan fingerprint density at radius 2 is 2.06 bits per heavy atom. The molecule has 1 aromatic carbocycles. The average Bonchev–Trinajstić information content (AvgIpc) is 2.74. The molecule has 2 aromatic rings. The van der Waals surface area contributed by atoms with Gasteiger partial charge < -0.3 is 5.32 Å². The number of aromatic nitrogens is 1. The zero-order valence-electron chi connectivity index (χ0n) is 10.6. The molecular formula is C15H18N2S. The van der Waals surface area contributed by atoms with Gasteiger partial charge in [0.1, 0.15) is 0 Å². The van der Waals surface area contributed by atoms with Crippen molar-refractivity contribution in [3.8, 4) is 10.4 Å². The zero-order chi connectivity index (χ0) is 12.4. The second-order valence-corrected chi connectivity index (χ2v) is 5.83. The highest BCUT2D eigenvalue weighted by molar-refractivity contribution is 7.13. The van der Waals surface area contributed by atoms with E-state index in [4.69, 9.17) is 0 Å². The normalized spacial score (nSPS) is 15.6. The van der Waals surface area contributed by atoms with Gasteiger partial charge in [-0.15, -0.1) is 11.3 Å². The van der Waals surface area contributed by atoms with Crippen LogP contribution in [0.25, 0.3) is 10.4 Å². The van der Waals surface area contributed by atoms with Crippen molar-refractivity contribution >= 4 is 11.3 Å². The van der Waals surface area contributed by atoms with Crippen LogP contribution in [0.1, 0.15) is 30.5 Å². The molecule has 1 heterocycles. The van der Waals surface area contributed by atoms with E-state index in [0.29, 0.717) is 0 Å². The molecule has 1 fully saturated rings. The van der Waals surface area contributed by atoms with Gasteiger partial charge in [0.15, 0.2) is 0 Å². The summed E-state index contributed by atoms with van der Waals surface area (Å²) in [5, 5.41) is 3.59. The summed E-state index contributed by atoms with van der Waals surface area (Å²) >= 11 is 1.71. The summed E-state index contributed by atoms with van der Waals surface area (Å²) < 4.78 is 0. The molecule has 3 rings (SSSR count). The number of aryl methyl sites for hydroxylation is 1. The maximum absolute atomic E-state index is 4.30. The minimum Gasteiger partial charge on any atom is -0.310 e. The highest BCUT2D eigenvalue weighted by Crippen LogP contribution is 2.27. The van der Waals surface area contributed by atoms with Crippen LogP contribution in [0.5, 0.6) is 0 Å². The van der Waals surface area contributed by atoms with E-state index < -0.39 is 0 Å². The maximum Gasteiger partial charge on any atom is 0.0801 e. The molecule has 3 heteroatoms. The Morgan fingerprint density at radius 1 is 1.28 bits per heavy atom. The summed E-state index contributed by atoms with van der Waals surface area (Å²) in [5.41, 5.74) is 5.69. The van der Waals surface area contributed by atoms with Crippen molar-refractivity contribution < 1.29 is 0 Å². The molecule has 2 nitrogen and oxygen atoms in total. The molecule has 1 aliphatic carbocycles. The Balaban J connectivity index is 1.67. The van der Waals surface area contributed by atoms with Crippen LogP contribution in [-0.2, 0) is 6.54 Å². The third kappa shape index (κ3) is 2.47. The van der Waals surface area contributed by atoms with Crippen molar-refractivity contribution in [2.45, 2.75) is 38.8 Å². The van der Waals surface area contributed by atoms with Gasteiger partial charge in [0, 0.05) is 12.6 Å². The topological polar surface area (TPSA) is 24.9 Å². The third-order valence-corrected chi connectivity index (χ3v) is 4.64. The first-order valence-electron chi connectivity index (χ1n) is 6.56. The number of hydrogen-bond donors (Lipinski definition) is 1. The van der Waals surface area contributed by atoms with E-state index in [0.717, 1.165) is 18.3 Å². The summed E-state index contributed by atoms with van der Waals surface area (Å²) in [6, 6.07) is 9.62. The standard InChI is InChI=1S/C15H18N2S/c1-11-15(18-10-17-11)13-7-5-12(6-8-13)9-16-14-3-2-4-14/h5-8,10,14,16H,2-4,9H2,1H3. The maximum atomic E-state index is 4.30. The van der Waals surface area contributed by atoms with Crippen LogP contribution in [0.2, 0.25) is 0 Å². The quantitative estimate of drug-likeness (QED) is 0.903. The average molecular weight is 258 g/mol. The second-order valence-electron chi connectivity index (χ2n) is 4.97. The van der Waals surface area contributed by atoms with Crippen LogP contribution in [0, 0.1) is 6.92 Å². The van der Waals surface area contributed by atoms with Crippen LogP contribution < -0.4 is 5.32 Å². The van der Waals surface area contributed by atoms with Crippen LogP contribution >= 0.6 is 11.3 Å². The van der Waals surface area contributed by atoms with E-state index >= 15 is 0 Å². The molecule has 0 atom stereocenters. The molecule has 1 aromatic heterocycles. The van der Waals surface area contributed by atoms with Crippen molar-refractivity contribution in [2.75, 3.05) is 0 Å². The van der Waals surface area contributed by atoms with Gasteiger partial charge in [-0.05, 0) is 30.9 Å². The summed E-state index contributed by atoms with van der Waals surface area (Å²) in [6.07, 6.45) is 4.08. The Hall–Kier alpha value is -1.19. The number of nitrogens with one attached hydrogen (secondary N) is 1. The molecule has 1 aliphatic rings. The van der Waals surface area contributed by atoms with Gasteiger partial charge in [-0.2, -0.15) is 0 Å². The first kappa shape index (κ1) is 11.9. The van der Waals surface area contributed by atoms with Crippen LogP contribution in [-0.4, -0.2) is 11.0 Å². The van der Waals surface area contributed by atoms with Crippen LogP contribution in [0.4, 0.5) is 0 Å². The fraction of sp³-hybridized carbons (Fsp3) is 0.400. The lowest BCUT2D eigenvalue weighted by Gasteiger charge is -2.26. The summed E-state index contributed by atoms with van der Waals surface area (Å²) in [4.78, 5) is 5.59. The van der Waals surface area contributed by atoms with Crippen molar-refractivity contribution in [1.29, 1.82) is 0 Å². The smallest absolute Gasteiger partial charge is 0.0801 e. The Morgan fingerprint density at radius 3 is 2.61 bits per heavy atom. The lowest BCUT2D eigenvalue weighted by Crippen LogP contribution is -2.34. The highest BCUT2D eigenvalue weighted by Gasteiger charge is 2.15. The molecule has 18 heavy (non-hydrogen) atoms. The Bertz CT molecular complexity index is 512. The monoisotopic (exact) mass is 258 g/mol. The summed E-state index contributed by atoms with van der Waals surface area (Å²) in [6.45, 7) is 3.06. The second kappa shape index (κ2) is 5.21. The molecule has 1 N–H and O–H groups in total. The summed E-state index contributed by atoms with van der Waals surface area (Å²) in [5.74, 6) is 0. The van der Waals surface area contributed by atoms with Crippen LogP contribution in [0.3, 0.4) is 0 Å². The van der Waals surface area contributed by atoms with E-state index in [1.165, 1.54) is 35.3 Å². The number of thiazole rings is 1. The van der Waals surface area contributed by atoms with Crippen molar-refractivity contribution in [3.05, 3.63) is 41.0 Å². The first-order chi connectivity index (χ1) is 8.83. The fourth-order valence-corrected chi connectivity index (χ4v) is 3.04. The van der Waals surface area contributed by atoms with Crippen LogP contribution in [0.15, 0.2) is 29.8 Å². The van der Waals surface area contributed by atoms with Gasteiger partial charge >= 0.3 is 0 Å². The molecule has 94 valence electrons. The highest BCUT2D eigenvalue weighted by atomic mass is 32.1. The molecule has 0 unspecified atom stereocenters. The van der Waals surface area contributed by atoms with Gasteiger partial charge in [-0.1, -0.05) is 30.7 Å². The SMILES string of the molecule is Cc1ncsc1-c1ccc(CNC2CCC2)cc1. The molecule has 0 bridgehead atoms. The Labute approximate surface area is 112 Å². The van der Waals surface area contributed by atoms with E-state index in [-0.39, 0.29) is 0 Å². The number of nitrogens with zero attached hydrogens (tertiary/aromatic N) is 1. The van der Waals surface area contributed by atoms with E-state index in [1.807, 2.05) is 5.51 Å². The molecule has 0 aliphatic heterocycles. The lowest BCUT2D eigenvalue weighted by molar-refractivity contribution is 0.338. The molecular weight excluding hydrogens is 240 g/mol. The van der Waals surface area contributed by atoms with E-state index in [9.17, 15) is 0 Å². The van der Waals surface area contributed by atoms with Crippen molar-refractivity contribution in [1.82, 2.24) is 10.3 Å². The predicted molar refractivity (Wildman–Crippen MR) is 76.8 cm³/mol. The van der Waals surface area contributed by atoms with E-state index in [2.05, 4.69) is 41.5 Å². The molecule has 0 spiro atoms. The number of benzene rings is 1. The minimum atomic E-state index is 0.758. The van der Waals surface area contributed by atoms with Crippen molar-refractivity contribution in [3.63, 3.8) is 0 Å². The largest absolute Gasteiger partial charge is 0.310 e. The number of hydrogen-bond acceptors (Lipinski definition) is 3. The minimum absolute atomic E-state index is 0.758. The van der Waals surface area contributed by atoms with Crippen molar-refractivity contribution in [2.24, 2.45) is 0 Å². The fourth-order valence-electron chi connectivity index (χ4n) is 2.23. The predicted octanol–water partition coefficient (Wildman–Crippen LogP) is 3.76. The lowest BCUT2D eigenvalue weighted by atomic mass is 9.93. The van der Waals surface area contributed by atoms with E-state index in [1.54, 1.807) is 11.3 Å². The van der Waals surface area contributed by atoms with Gasteiger partial charge in [0.05, 0.1) is 16.1 Å². The molecule has 0 saturated heterocycles. The molecule has 0 radical (unpaired) electrons. The van der Waals surface area contributed by atoms with Gasteiger partial charge in [0.2, 0.25) is 0 Å². The Kier molecular flexibility index (Phi) is 3.43. The number of rotatable bonds is 4. The third-order valence-electron chi connectivity index (χ3n) is 3.66. The molecule has 1 saturated carbocycles.